The molecular weight excluding hydrogens is 549 g/mol. The monoisotopic (exact) mass is 579 g/mol. The van der Waals surface area contributed by atoms with E-state index >= 15 is 0 Å². The highest BCUT2D eigenvalue weighted by Gasteiger charge is 2.18. The second-order valence-electron chi connectivity index (χ2n) is 10.1. The van der Waals surface area contributed by atoms with E-state index in [-0.39, 0.29) is 18.1 Å². The fourth-order valence-corrected chi connectivity index (χ4v) is 5.89. The molecule has 3 aromatic carbocycles. The summed E-state index contributed by atoms with van der Waals surface area (Å²) >= 11 is 1.34. The number of fused-ring (bicyclic) bond motifs is 3. The quantitative estimate of drug-likeness (QED) is 0.241. The summed E-state index contributed by atoms with van der Waals surface area (Å²) in [5, 5.41) is 2.40. The van der Waals surface area contributed by atoms with Gasteiger partial charge >= 0.3 is 0 Å². The highest BCUT2D eigenvalue weighted by atomic mass is 32.1. The van der Waals surface area contributed by atoms with Crippen LogP contribution in [-0.2, 0) is 28.9 Å². The first kappa shape index (κ1) is 27.8. The SMILES string of the molecule is O=C(Cc1csc(-c2ccccc2F)n1)N1CCOCCOc2ccc(-c3cccnc3)cc2Cc2cccc(c2)C1. The maximum atomic E-state index is 14.3. The van der Waals surface area contributed by atoms with Crippen molar-refractivity contribution in [3.05, 3.63) is 125 Å². The Balaban J connectivity index is 1.22. The molecule has 6 rings (SSSR count). The lowest BCUT2D eigenvalue weighted by atomic mass is 9.98. The Morgan fingerprint density at radius 2 is 1.83 bits per heavy atom. The van der Waals surface area contributed by atoms with Crippen LogP contribution in [0.15, 0.2) is 96.6 Å². The van der Waals surface area contributed by atoms with Crippen molar-refractivity contribution in [1.29, 1.82) is 0 Å². The largest absolute Gasteiger partial charge is 0.491 e. The third-order valence-electron chi connectivity index (χ3n) is 7.15. The van der Waals surface area contributed by atoms with Gasteiger partial charge in [0.15, 0.2) is 0 Å². The van der Waals surface area contributed by atoms with E-state index in [1.807, 2.05) is 46.8 Å². The molecule has 8 heteroatoms. The molecule has 0 radical (unpaired) electrons. The van der Waals surface area contributed by atoms with E-state index in [4.69, 9.17) is 9.47 Å². The second-order valence-corrected chi connectivity index (χ2v) is 11.0. The number of hydrogen-bond donors (Lipinski definition) is 0. The number of thiazole rings is 1. The molecule has 0 spiro atoms. The topological polar surface area (TPSA) is 64.6 Å². The van der Waals surface area contributed by atoms with Gasteiger partial charge in [0.1, 0.15) is 23.2 Å². The lowest BCUT2D eigenvalue weighted by Gasteiger charge is -2.23. The minimum atomic E-state index is -0.323. The predicted octanol–water partition coefficient (Wildman–Crippen LogP) is 6.58. The Morgan fingerprint density at radius 3 is 2.71 bits per heavy atom. The molecule has 0 atom stereocenters. The summed E-state index contributed by atoms with van der Waals surface area (Å²) in [6, 6.07) is 25.1. The molecule has 0 saturated carbocycles. The summed E-state index contributed by atoms with van der Waals surface area (Å²) in [6.45, 7) is 2.11. The minimum absolute atomic E-state index is 0.0517. The Labute approximate surface area is 248 Å². The Bertz CT molecular complexity index is 1670. The van der Waals surface area contributed by atoms with Gasteiger partial charge in [0.25, 0.3) is 0 Å². The first-order chi connectivity index (χ1) is 20.6. The summed E-state index contributed by atoms with van der Waals surface area (Å²) in [4.78, 5) is 24.1. The van der Waals surface area contributed by atoms with E-state index in [0.29, 0.717) is 55.6 Å². The lowest BCUT2D eigenvalue weighted by molar-refractivity contribution is -0.132. The van der Waals surface area contributed by atoms with Gasteiger partial charge < -0.3 is 14.4 Å². The molecule has 212 valence electrons. The average molecular weight is 580 g/mol. The highest BCUT2D eigenvalue weighted by Crippen LogP contribution is 2.29. The average Bonchev–Trinajstić information content (AvgIpc) is 3.47. The van der Waals surface area contributed by atoms with Crippen molar-refractivity contribution in [1.82, 2.24) is 14.9 Å². The number of ether oxygens (including phenoxy) is 2. The van der Waals surface area contributed by atoms with Crippen LogP contribution in [0.5, 0.6) is 5.75 Å². The summed E-state index contributed by atoms with van der Waals surface area (Å²) in [5.41, 5.74) is 6.45. The number of benzene rings is 3. The van der Waals surface area contributed by atoms with Gasteiger partial charge in [0, 0.05) is 48.4 Å². The highest BCUT2D eigenvalue weighted by molar-refractivity contribution is 7.13. The van der Waals surface area contributed by atoms with Crippen molar-refractivity contribution in [3.8, 4) is 27.4 Å². The van der Waals surface area contributed by atoms with Crippen molar-refractivity contribution in [2.75, 3.05) is 26.4 Å². The van der Waals surface area contributed by atoms with E-state index in [0.717, 1.165) is 33.6 Å². The zero-order chi connectivity index (χ0) is 28.7. The van der Waals surface area contributed by atoms with Crippen molar-refractivity contribution < 1.29 is 18.7 Å². The molecule has 3 heterocycles. The second kappa shape index (κ2) is 13.1. The van der Waals surface area contributed by atoms with Crippen LogP contribution >= 0.6 is 11.3 Å². The number of rotatable bonds is 4. The van der Waals surface area contributed by atoms with Gasteiger partial charge in [-0.15, -0.1) is 11.3 Å². The van der Waals surface area contributed by atoms with Crippen molar-refractivity contribution in [2.24, 2.45) is 0 Å². The van der Waals surface area contributed by atoms with Crippen LogP contribution in [0.2, 0.25) is 0 Å². The summed E-state index contributed by atoms with van der Waals surface area (Å²) < 4.78 is 26.3. The zero-order valence-corrected chi connectivity index (χ0v) is 23.9. The molecule has 0 aliphatic carbocycles. The zero-order valence-electron chi connectivity index (χ0n) is 23.0. The van der Waals surface area contributed by atoms with Gasteiger partial charge in [-0.25, -0.2) is 9.37 Å². The molecule has 2 aromatic heterocycles. The van der Waals surface area contributed by atoms with Crippen molar-refractivity contribution in [2.45, 2.75) is 19.4 Å². The fraction of sp³-hybridized carbons (Fsp3) is 0.206. The molecule has 2 bridgehead atoms. The Hall–Kier alpha value is -4.40. The number of aromatic nitrogens is 2. The molecule has 0 unspecified atom stereocenters. The fourth-order valence-electron chi connectivity index (χ4n) is 5.04. The van der Waals surface area contributed by atoms with Crippen LogP contribution in [0.25, 0.3) is 21.7 Å². The number of carbonyl (C=O) groups is 1. The molecule has 0 N–H and O–H groups in total. The van der Waals surface area contributed by atoms with Crippen LogP contribution in [0.1, 0.15) is 22.4 Å². The first-order valence-corrected chi connectivity index (χ1v) is 14.8. The number of nitrogens with zero attached hydrogens (tertiary/aromatic N) is 3. The van der Waals surface area contributed by atoms with E-state index in [9.17, 15) is 9.18 Å². The molecule has 1 amide bonds. The van der Waals surface area contributed by atoms with Gasteiger partial charge in [0.2, 0.25) is 5.91 Å². The van der Waals surface area contributed by atoms with E-state index in [2.05, 4.69) is 34.2 Å². The smallest absolute Gasteiger partial charge is 0.228 e. The maximum Gasteiger partial charge on any atom is 0.228 e. The number of pyridine rings is 1. The standard InChI is InChI=1S/C34H30FN3O3S/c35-31-9-2-1-8-30(31)34-37-29(23-42-34)20-33(39)38-13-14-40-15-16-41-32-11-10-26(27-7-4-12-36-21-27)19-28(32)18-24-5-3-6-25(17-24)22-38/h1-12,17,19,21,23H,13-16,18,20,22H2. The van der Waals surface area contributed by atoms with E-state index in [1.165, 1.54) is 17.4 Å². The molecule has 5 aromatic rings. The van der Waals surface area contributed by atoms with E-state index in [1.54, 1.807) is 24.4 Å². The van der Waals surface area contributed by atoms with Crippen LogP contribution in [0.4, 0.5) is 4.39 Å². The van der Waals surface area contributed by atoms with Crippen LogP contribution in [-0.4, -0.2) is 47.1 Å². The molecular formula is C34H30FN3O3S. The van der Waals surface area contributed by atoms with Crippen LogP contribution in [0, 0.1) is 5.82 Å². The minimum Gasteiger partial charge on any atom is -0.491 e. The van der Waals surface area contributed by atoms with Crippen LogP contribution < -0.4 is 4.74 Å². The lowest BCUT2D eigenvalue weighted by Crippen LogP contribution is -2.35. The Kier molecular flexibility index (Phi) is 8.63. The summed E-state index contributed by atoms with van der Waals surface area (Å²) in [7, 11) is 0. The van der Waals surface area contributed by atoms with Gasteiger partial charge in [-0.3, -0.25) is 9.78 Å². The number of hydrogen-bond acceptors (Lipinski definition) is 6. The predicted molar refractivity (Wildman–Crippen MR) is 162 cm³/mol. The molecule has 1 aliphatic rings. The first-order valence-electron chi connectivity index (χ1n) is 13.9. The van der Waals surface area contributed by atoms with Gasteiger partial charge in [0.05, 0.1) is 25.3 Å². The van der Waals surface area contributed by atoms with Gasteiger partial charge in [-0.05, 0) is 52.6 Å². The molecule has 1 aliphatic heterocycles. The van der Waals surface area contributed by atoms with Gasteiger partial charge in [-0.2, -0.15) is 0 Å². The summed E-state index contributed by atoms with van der Waals surface area (Å²) in [5.74, 6) is 0.462. The normalized spacial score (nSPS) is 14.0. The number of carbonyl (C=O) groups excluding carboxylic acids is 1. The van der Waals surface area contributed by atoms with Crippen molar-refractivity contribution in [3.63, 3.8) is 0 Å². The number of halogens is 1. The third kappa shape index (κ3) is 6.73. The Morgan fingerprint density at radius 1 is 0.929 bits per heavy atom. The molecule has 42 heavy (non-hydrogen) atoms. The van der Waals surface area contributed by atoms with Crippen LogP contribution in [0.3, 0.4) is 0 Å². The number of amides is 1. The molecule has 0 saturated heterocycles. The third-order valence-corrected chi connectivity index (χ3v) is 8.07. The van der Waals surface area contributed by atoms with E-state index < -0.39 is 0 Å². The van der Waals surface area contributed by atoms with Gasteiger partial charge in [-0.1, -0.05) is 48.5 Å². The molecule has 0 fully saturated rings. The maximum absolute atomic E-state index is 14.3. The molecule has 6 nitrogen and oxygen atoms in total. The van der Waals surface area contributed by atoms with Crippen molar-refractivity contribution >= 4 is 17.2 Å². The summed E-state index contributed by atoms with van der Waals surface area (Å²) in [6.07, 6.45) is 4.45.